The second-order valence-corrected chi connectivity index (χ2v) is 5.78. The fourth-order valence-electron chi connectivity index (χ4n) is 1.81. The van der Waals surface area contributed by atoms with E-state index in [0.717, 1.165) is 19.6 Å². The molecular weight excluding hydrogens is 264 g/mol. The lowest BCUT2D eigenvalue weighted by atomic mass is 10.3. The third-order valence-electron chi connectivity index (χ3n) is 2.95. The summed E-state index contributed by atoms with van der Waals surface area (Å²) in [5, 5.41) is 8.27. The van der Waals surface area contributed by atoms with Crippen molar-refractivity contribution < 1.29 is 8.42 Å². The van der Waals surface area contributed by atoms with Crippen molar-refractivity contribution in [1.29, 1.82) is 0 Å². The third kappa shape index (κ3) is 4.70. The van der Waals surface area contributed by atoms with Gasteiger partial charge in [-0.3, -0.25) is 0 Å². The minimum atomic E-state index is -3.77. The Hall–Kier alpha value is -1.31. The predicted molar refractivity (Wildman–Crippen MR) is 78.5 cm³/mol. The van der Waals surface area contributed by atoms with Crippen LogP contribution in [0.5, 0.6) is 0 Å². The zero-order valence-corrected chi connectivity index (χ0v) is 12.2. The van der Waals surface area contributed by atoms with Crippen molar-refractivity contribution in [3.8, 4) is 0 Å². The number of nitrogens with zero attached hydrogens (tertiary/aromatic N) is 1. The number of sulfonamides is 1. The molecule has 0 radical (unpaired) electrons. The van der Waals surface area contributed by atoms with E-state index >= 15 is 0 Å². The van der Waals surface area contributed by atoms with E-state index in [-0.39, 0.29) is 4.90 Å². The smallest absolute Gasteiger partial charge is 0.240 e. The Bertz CT molecular complexity index is 512. The number of rotatable bonds is 7. The number of hydrogen-bond acceptors (Lipinski definition) is 5. The number of nitrogen functional groups attached to an aromatic ring is 1. The number of nitrogens with one attached hydrogen (secondary N) is 1. The van der Waals surface area contributed by atoms with Gasteiger partial charge in [-0.1, -0.05) is 13.8 Å². The van der Waals surface area contributed by atoms with E-state index in [1.54, 1.807) is 12.1 Å². The van der Waals surface area contributed by atoms with Gasteiger partial charge in [-0.15, -0.1) is 0 Å². The first-order valence-electron chi connectivity index (χ1n) is 6.27. The second-order valence-electron chi connectivity index (χ2n) is 4.25. The van der Waals surface area contributed by atoms with E-state index in [1.165, 1.54) is 6.07 Å². The first-order chi connectivity index (χ1) is 8.88. The summed E-state index contributed by atoms with van der Waals surface area (Å²) in [6, 6.07) is 4.65. The molecule has 0 saturated heterocycles. The molecule has 0 aromatic heterocycles. The van der Waals surface area contributed by atoms with Gasteiger partial charge in [0, 0.05) is 18.8 Å². The van der Waals surface area contributed by atoms with Gasteiger partial charge in [-0.25, -0.2) is 13.6 Å². The van der Waals surface area contributed by atoms with E-state index in [9.17, 15) is 8.42 Å². The summed E-state index contributed by atoms with van der Waals surface area (Å²) in [5.41, 5.74) is 6.45. The monoisotopic (exact) mass is 286 g/mol. The van der Waals surface area contributed by atoms with E-state index in [4.69, 9.17) is 10.9 Å². The fourth-order valence-corrected chi connectivity index (χ4v) is 2.56. The van der Waals surface area contributed by atoms with E-state index in [0.29, 0.717) is 17.9 Å². The van der Waals surface area contributed by atoms with Gasteiger partial charge in [0.2, 0.25) is 10.0 Å². The van der Waals surface area contributed by atoms with Gasteiger partial charge in [0.25, 0.3) is 0 Å². The molecule has 0 bridgehead atoms. The molecule has 0 aliphatic carbocycles. The third-order valence-corrected chi connectivity index (χ3v) is 3.90. The maximum absolute atomic E-state index is 11.5. The summed E-state index contributed by atoms with van der Waals surface area (Å²) in [6.45, 7) is 7.57. The first kappa shape index (κ1) is 15.7. The van der Waals surface area contributed by atoms with Gasteiger partial charge in [0.05, 0.1) is 5.69 Å². The molecule has 1 rings (SSSR count). The van der Waals surface area contributed by atoms with Crippen molar-refractivity contribution >= 4 is 21.4 Å². The van der Waals surface area contributed by atoms with Crippen LogP contribution >= 0.6 is 0 Å². The molecule has 1 aromatic rings. The van der Waals surface area contributed by atoms with Crippen molar-refractivity contribution in [3.63, 3.8) is 0 Å². The summed E-state index contributed by atoms with van der Waals surface area (Å²) < 4.78 is 23.0. The Morgan fingerprint density at radius 3 is 2.42 bits per heavy atom. The number of hydrogen-bond donors (Lipinski definition) is 3. The van der Waals surface area contributed by atoms with Crippen LogP contribution in [0.2, 0.25) is 0 Å². The van der Waals surface area contributed by atoms with Crippen molar-refractivity contribution in [1.82, 2.24) is 4.90 Å². The summed E-state index contributed by atoms with van der Waals surface area (Å²) in [6.07, 6.45) is 0. The second kappa shape index (κ2) is 6.74. The molecule has 108 valence electrons. The standard InChI is InChI=1S/C12H22N4O2S/c1-3-16(4-2)8-7-15-11-6-5-10(13)9-12(11)19(14,17)18/h5-6,9,15H,3-4,7-8,13H2,1-2H3,(H2,14,17,18). The minimum Gasteiger partial charge on any atom is -0.399 e. The van der Waals surface area contributed by atoms with Gasteiger partial charge in [0.15, 0.2) is 0 Å². The molecule has 7 heteroatoms. The number of likely N-dealkylation sites (N-methyl/N-ethyl adjacent to an activating group) is 1. The Kier molecular flexibility index (Phi) is 5.59. The van der Waals surface area contributed by atoms with Crippen molar-refractivity contribution in [3.05, 3.63) is 18.2 Å². The molecule has 0 saturated carbocycles. The maximum atomic E-state index is 11.5. The summed E-state index contributed by atoms with van der Waals surface area (Å²) in [5.74, 6) is 0. The average Bonchev–Trinajstić information content (AvgIpc) is 2.35. The zero-order valence-electron chi connectivity index (χ0n) is 11.4. The average molecular weight is 286 g/mol. The molecular formula is C12H22N4O2S. The highest BCUT2D eigenvalue weighted by molar-refractivity contribution is 7.89. The van der Waals surface area contributed by atoms with Crippen LogP contribution < -0.4 is 16.2 Å². The van der Waals surface area contributed by atoms with E-state index < -0.39 is 10.0 Å². The maximum Gasteiger partial charge on any atom is 0.240 e. The van der Waals surface area contributed by atoms with Gasteiger partial charge in [0.1, 0.15) is 4.90 Å². The molecule has 19 heavy (non-hydrogen) atoms. The van der Waals surface area contributed by atoms with Crippen LogP contribution in [-0.2, 0) is 10.0 Å². The quantitative estimate of drug-likeness (QED) is 0.639. The van der Waals surface area contributed by atoms with Crippen LogP contribution in [0.1, 0.15) is 13.8 Å². The molecule has 0 heterocycles. The molecule has 1 aromatic carbocycles. The molecule has 5 N–H and O–H groups in total. The normalized spacial score (nSPS) is 11.8. The van der Waals surface area contributed by atoms with Gasteiger partial charge >= 0.3 is 0 Å². The lowest BCUT2D eigenvalue weighted by molar-refractivity contribution is 0.316. The summed E-state index contributed by atoms with van der Waals surface area (Å²) in [4.78, 5) is 2.27. The van der Waals surface area contributed by atoms with Gasteiger partial charge in [-0.2, -0.15) is 0 Å². The summed E-state index contributed by atoms with van der Waals surface area (Å²) in [7, 11) is -3.77. The Morgan fingerprint density at radius 1 is 1.26 bits per heavy atom. The Balaban J connectivity index is 2.79. The summed E-state index contributed by atoms with van der Waals surface area (Å²) >= 11 is 0. The number of anilines is 2. The van der Waals surface area contributed by atoms with Crippen molar-refractivity contribution in [2.45, 2.75) is 18.7 Å². The highest BCUT2D eigenvalue weighted by Gasteiger charge is 2.14. The largest absolute Gasteiger partial charge is 0.399 e. The van der Waals surface area contributed by atoms with Crippen LogP contribution in [0.4, 0.5) is 11.4 Å². The minimum absolute atomic E-state index is 0.0343. The zero-order chi connectivity index (χ0) is 14.5. The van der Waals surface area contributed by atoms with Crippen LogP contribution in [0.25, 0.3) is 0 Å². The molecule has 0 atom stereocenters. The molecule has 6 nitrogen and oxygen atoms in total. The lowest BCUT2D eigenvalue weighted by Crippen LogP contribution is -2.29. The van der Waals surface area contributed by atoms with Crippen molar-refractivity contribution in [2.75, 3.05) is 37.2 Å². The molecule has 0 fully saturated rings. The van der Waals surface area contributed by atoms with Crippen LogP contribution in [0, 0.1) is 0 Å². The molecule has 0 aliphatic rings. The Labute approximate surface area is 114 Å². The number of benzene rings is 1. The topological polar surface area (TPSA) is 101 Å². The molecule has 0 amide bonds. The SMILES string of the molecule is CCN(CC)CCNc1ccc(N)cc1S(N)(=O)=O. The lowest BCUT2D eigenvalue weighted by Gasteiger charge is -2.19. The Morgan fingerprint density at radius 2 is 1.89 bits per heavy atom. The fraction of sp³-hybridized carbons (Fsp3) is 0.500. The molecule has 0 unspecified atom stereocenters. The van der Waals surface area contributed by atoms with Gasteiger partial charge < -0.3 is 16.0 Å². The highest BCUT2D eigenvalue weighted by Crippen LogP contribution is 2.22. The van der Waals surface area contributed by atoms with Gasteiger partial charge in [-0.05, 0) is 31.3 Å². The number of nitrogens with two attached hydrogens (primary N) is 2. The predicted octanol–water partition coefficient (Wildman–Crippen LogP) is 0.670. The molecule has 0 spiro atoms. The highest BCUT2D eigenvalue weighted by atomic mass is 32.2. The van der Waals surface area contributed by atoms with E-state index in [1.807, 2.05) is 0 Å². The molecule has 0 aliphatic heterocycles. The van der Waals surface area contributed by atoms with Crippen LogP contribution in [0.3, 0.4) is 0 Å². The van der Waals surface area contributed by atoms with Crippen LogP contribution in [0.15, 0.2) is 23.1 Å². The van der Waals surface area contributed by atoms with E-state index in [2.05, 4.69) is 24.1 Å². The first-order valence-corrected chi connectivity index (χ1v) is 7.81. The van der Waals surface area contributed by atoms with Crippen molar-refractivity contribution in [2.24, 2.45) is 5.14 Å². The van der Waals surface area contributed by atoms with Crippen LogP contribution in [-0.4, -0.2) is 39.5 Å². The number of primary sulfonamides is 1.